The van der Waals surface area contributed by atoms with Gasteiger partial charge in [0.1, 0.15) is 0 Å². The molecule has 0 saturated heterocycles. The molecule has 4 nitrogen and oxygen atoms in total. The minimum Gasteiger partial charge on any atom is -0.351 e. The van der Waals surface area contributed by atoms with Crippen molar-refractivity contribution in [3.05, 3.63) is 18.7 Å². The molecule has 1 aromatic rings. The Labute approximate surface area is 88.1 Å². The maximum atomic E-state index is 11.2. The van der Waals surface area contributed by atoms with Crippen LogP contribution in [0.25, 0.3) is 0 Å². The second-order valence-corrected chi connectivity index (χ2v) is 4.03. The number of imidazole rings is 1. The number of amides is 1. The lowest BCUT2D eigenvalue weighted by Gasteiger charge is -2.13. The fourth-order valence-corrected chi connectivity index (χ4v) is 1.55. The van der Waals surface area contributed by atoms with Crippen LogP contribution in [0.2, 0.25) is 0 Å². The van der Waals surface area contributed by atoms with Crippen molar-refractivity contribution < 1.29 is 4.79 Å². The summed E-state index contributed by atoms with van der Waals surface area (Å²) in [6.45, 7) is 2.75. The average molecular weight is 213 g/mol. The summed E-state index contributed by atoms with van der Waals surface area (Å²) in [6, 6.07) is 0.142. The number of nitrogens with one attached hydrogen (secondary N) is 1. The van der Waals surface area contributed by atoms with Crippen molar-refractivity contribution in [2.45, 2.75) is 19.5 Å². The summed E-state index contributed by atoms with van der Waals surface area (Å²) in [5, 5.41) is 2.91. The highest BCUT2D eigenvalue weighted by Gasteiger charge is 2.06. The van der Waals surface area contributed by atoms with Gasteiger partial charge in [-0.1, -0.05) is 0 Å². The summed E-state index contributed by atoms with van der Waals surface area (Å²) in [4.78, 5) is 15.2. The molecule has 0 aliphatic rings. The molecule has 0 spiro atoms. The molecule has 5 heteroatoms. The largest absolute Gasteiger partial charge is 0.351 e. The zero-order valence-corrected chi connectivity index (χ0v) is 9.25. The van der Waals surface area contributed by atoms with Crippen molar-refractivity contribution in [3.8, 4) is 0 Å². The van der Waals surface area contributed by atoms with E-state index in [1.807, 2.05) is 23.9 Å². The van der Waals surface area contributed by atoms with Gasteiger partial charge >= 0.3 is 0 Å². The van der Waals surface area contributed by atoms with Gasteiger partial charge in [0.25, 0.3) is 0 Å². The molecule has 1 heterocycles. The van der Waals surface area contributed by atoms with Crippen LogP contribution in [0, 0.1) is 0 Å². The van der Waals surface area contributed by atoms with Crippen LogP contribution in [-0.4, -0.2) is 33.5 Å². The Balaban J connectivity index is 2.29. The number of carbonyl (C=O) groups is 1. The van der Waals surface area contributed by atoms with Gasteiger partial charge in [0.15, 0.2) is 0 Å². The first kappa shape index (κ1) is 11.1. The fourth-order valence-electron chi connectivity index (χ4n) is 1.20. The highest BCUT2D eigenvalue weighted by molar-refractivity contribution is 7.99. The van der Waals surface area contributed by atoms with Crippen molar-refractivity contribution in [2.24, 2.45) is 0 Å². The van der Waals surface area contributed by atoms with Gasteiger partial charge in [-0.2, -0.15) is 11.8 Å². The fraction of sp³-hybridized carbons (Fsp3) is 0.556. The monoisotopic (exact) mass is 213 g/mol. The van der Waals surface area contributed by atoms with Crippen LogP contribution in [0.3, 0.4) is 0 Å². The summed E-state index contributed by atoms with van der Waals surface area (Å²) >= 11 is 1.53. The zero-order chi connectivity index (χ0) is 10.4. The lowest BCUT2D eigenvalue weighted by Crippen LogP contribution is -2.36. The van der Waals surface area contributed by atoms with Crippen LogP contribution < -0.4 is 5.32 Å². The van der Waals surface area contributed by atoms with Crippen LogP contribution in [0.15, 0.2) is 18.7 Å². The summed E-state index contributed by atoms with van der Waals surface area (Å²) in [7, 11) is 0. The van der Waals surface area contributed by atoms with Crippen molar-refractivity contribution in [2.75, 3.05) is 12.0 Å². The normalized spacial score (nSPS) is 12.4. The van der Waals surface area contributed by atoms with Gasteiger partial charge < -0.3 is 9.88 Å². The number of aromatic nitrogens is 2. The van der Waals surface area contributed by atoms with E-state index in [0.717, 1.165) is 6.54 Å². The van der Waals surface area contributed by atoms with Crippen LogP contribution >= 0.6 is 11.8 Å². The first-order valence-corrected chi connectivity index (χ1v) is 5.86. The van der Waals surface area contributed by atoms with E-state index in [4.69, 9.17) is 0 Å². The molecular weight excluding hydrogens is 198 g/mol. The summed E-state index contributed by atoms with van der Waals surface area (Å²) in [5.41, 5.74) is 0. The number of carbonyl (C=O) groups excluding carboxylic acids is 1. The van der Waals surface area contributed by atoms with Crippen LogP contribution in [0.1, 0.15) is 6.92 Å². The molecule has 0 aromatic carbocycles. The minimum atomic E-state index is 0.0881. The van der Waals surface area contributed by atoms with E-state index in [0.29, 0.717) is 5.75 Å². The first-order chi connectivity index (χ1) is 6.72. The third-order valence-corrected chi connectivity index (χ3v) is 2.28. The zero-order valence-electron chi connectivity index (χ0n) is 8.43. The van der Waals surface area contributed by atoms with Gasteiger partial charge in [-0.25, -0.2) is 4.98 Å². The molecule has 0 saturated carbocycles. The lowest BCUT2D eigenvalue weighted by atomic mass is 10.3. The van der Waals surface area contributed by atoms with Gasteiger partial charge in [0.05, 0.1) is 12.1 Å². The van der Waals surface area contributed by atoms with Crippen LogP contribution in [0.4, 0.5) is 0 Å². The van der Waals surface area contributed by atoms with E-state index >= 15 is 0 Å². The quantitative estimate of drug-likeness (QED) is 0.785. The van der Waals surface area contributed by atoms with Crippen LogP contribution in [-0.2, 0) is 11.3 Å². The van der Waals surface area contributed by atoms with Gasteiger partial charge in [-0.3, -0.25) is 4.79 Å². The van der Waals surface area contributed by atoms with Crippen molar-refractivity contribution >= 4 is 17.7 Å². The SMILES string of the molecule is CSCC(=O)N[C@H](C)Cn1ccnc1. The molecule has 0 radical (unpaired) electrons. The molecule has 0 bridgehead atoms. The van der Waals surface area contributed by atoms with Crippen molar-refractivity contribution in [3.63, 3.8) is 0 Å². The summed E-state index contributed by atoms with van der Waals surface area (Å²) in [6.07, 6.45) is 7.28. The number of nitrogens with zero attached hydrogens (tertiary/aromatic N) is 2. The van der Waals surface area contributed by atoms with Gasteiger partial charge in [-0.15, -0.1) is 0 Å². The third-order valence-electron chi connectivity index (χ3n) is 1.73. The summed E-state index contributed by atoms with van der Waals surface area (Å²) < 4.78 is 1.95. The lowest BCUT2D eigenvalue weighted by molar-refractivity contribution is -0.119. The predicted octanol–water partition coefficient (Wildman–Crippen LogP) is 0.751. The number of hydrogen-bond donors (Lipinski definition) is 1. The molecule has 14 heavy (non-hydrogen) atoms. The second-order valence-electron chi connectivity index (χ2n) is 3.16. The number of thioether (sulfide) groups is 1. The van der Waals surface area contributed by atoms with E-state index in [-0.39, 0.29) is 11.9 Å². The van der Waals surface area contributed by atoms with E-state index in [2.05, 4.69) is 10.3 Å². The van der Waals surface area contributed by atoms with Gasteiger partial charge in [-0.05, 0) is 13.2 Å². The topological polar surface area (TPSA) is 46.9 Å². The van der Waals surface area contributed by atoms with E-state index in [1.54, 1.807) is 12.5 Å². The van der Waals surface area contributed by atoms with Crippen LogP contribution in [0.5, 0.6) is 0 Å². The first-order valence-electron chi connectivity index (χ1n) is 4.46. The maximum absolute atomic E-state index is 11.2. The molecule has 0 fully saturated rings. The molecular formula is C9H15N3OS. The standard InChI is InChI=1S/C9H15N3OS/c1-8(11-9(13)6-14-2)5-12-4-3-10-7-12/h3-4,7-8H,5-6H2,1-2H3,(H,11,13)/t8-/m1/s1. The van der Waals surface area contributed by atoms with Crippen molar-refractivity contribution in [1.29, 1.82) is 0 Å². The average Bonchev–Trinajstić information content (AvgIpc) is 2.56. The smallest absolute Gasteiger partial charge is 0.230 e. The van der Waals surface area contributed by atoms with Gasteiger partial charge in [0, 0.05) is 25.0 Å². The Kier molecular flexibility index (Phi) is 4.52. The molecule has 1 N–H and O–H groups in total. The highest BCUT2D eigenvalue weighted by Crippen LogP contribution is 1.94. The number of hydrogen-bond acceptors (Lipinski definition) is 3. The molecule has 1 amide bonds. The van der Waals surface area contributed by atoms with E-state index < -0.39 is 0 Å². The Hall–Kier alpha value is -0.970. The third kappa shape index (κ3) is 3.83. The Morgan fingerprint density at radius 3 is 3.07 bits per heavy atom. The molecule has 1 atom stereocenters. The highest BCUT2D eigenvalue weighted by atomic mass is 32.2. The predicted molar refractivity (Wildman–Crippen MR) is 58.2 cm³/mol. The Bertz CT molecular complexity index is 274. The maximum Gasteiger partial charge on any atom is 0.230 e. The van der Waals surface area contributed by atoms with Gasteiger partial charge in [0.2, 0.25) is 5.91 Å². The minimum absolute atomic E-state index is 0.0881. The molecule has 0 aliphatic carbocycles. The van der Waals surface area contributed by atoms with E-state index in [9.17, 15) is 4.79 Å². The second kappa shape index (κ2) is 5.70. The Morgan fingerprint density at radius 1 is 1.71 bits per heavy atom. The molecule has 78 valence electrons. The molecule has 1 aromatic heterocycles. The molecule has 0 aliphatic heterocycles. The molecule has 1 rings (SSSR count). The molecule has 0 unspecified atom stereocenters. The van der Waals surface area contributed by atoms with Crippen molar-refractivity contribution in [1.82, 2.24) is 14.9 Å². The van der Waals surface area contributed by atoms with E-state index in [1.165, 1.54) is 11.8 Å². The summed E-state index contributed by atoms with van der Waals surface area (Å²) in [5.74, 6) is 0.610. The Morgan fingerprint density at radius 2 is 2.50 bits per heavy atom. The number of rotatable bonds is 5.